The smallest absolute Gasteiger partial charge is 0.227 e. The van der Waals surface area contributed by atoms with E-state index in [0.717, 1.165) is 36.0 Å². The molecular formula is C23H37N3O3. The van der Waals surface area contributed by atoms with Crippen molar-refractivity contribution >= 4 is 11.6 Å². The first-order valence-corrected chi connectivity index (χ1v) is 10.8. The van der Waals surface area contributed by atoms with E-state index in [1.807, 2.05) is 43.0 Å². The molecule has 2 aliphatic rings. The molecule has 0 spiro atoms. The van der Waals surface area contributed by atoms with E-state index in [2.05, 4.69) is 24.9 Å². The molecule has 162 valence electrons. The molecule has 3 rings (SSSR count). The lowest BCUT2D eigenvalue weighted by Gasteiger charge is -2.34. The molecule has 1 saturated carbocycles. The SMILES string of the molecule is C[C@@H]1CN([C@@H](C)CO)C(=O)Cc2cc(N(C)C)ccc2O[C@@H]1CN(C)CC1CC1. The number of amides is 1. The summed E-state index contributed by atoms with van der Waals surface area (Å²) in [6.07, 6.45) is 2.94. The number of aliphatic hydroxyl groups is 1. The molecule has 1 N–H and O–H groups in total. The summed E-state index contributed by atoms with van der Waals surface area (Å²) in [6.45, 7) is 6.57. The quantitative estimate of drug-likeness (QED) is 0.757. The lowest BCUT2D eigenvalue weighted by Crippen LogP contribution is -2.47. The third kappa shape index (κ3) is 5.64. The predicted octanol–water partition coefficient (Wildman–Crippen LogP) is 2.24. The first-order chi connectivity index (χ1) is 13.8. The van der Waals surface area contributed by atoms with Crippen molar-refractivity contribution in [3.8, 4) is 5.75 Å². The van der Waals surface area contributed by atoms with Crippen LogP contribution in [-0.2, 0) is 11.2 Å². The maximum Gasteiger partial charge on any atom is 0.227 e. The summed E-state index contributed by atoms with van der Waals surface area (Å²) < 4.78 is 6.55. The van der Waals surface area contributed by atoms with Crippen molar-refractivity contribution in [2.24, 2.45) is 11.8 Å². The molecule has 3 atom stereocenters. The Kier molecular flexibility index (Phi) is 7.06. The van der Waals surface area contributed by atoms with Gasteiger partial charge < -0.3 is 24.5 Å². The third-order valence-electron chi connectivity index (χ3n) is 6.17. The van der Waals surface area contributed by atoms with Crippen LogP contribution in [0, 0.1) is 11.8 Å². The van der Waals surface area contributed by atoms with Gasteiger partial charge in [0.1, 0.15) is 11.9 Å². The highest BCUT2D eigenvalue weighted by Crippen LogP contribution is 2.31. The summed E-state index contributed by atoms with van der Waals surface area (Å²) in [5.74, 6) is 1.84. The predicted molar refractivity (Wildman–Crippen MR) is 117 cm³/mol. The van der Waals surface area contributed by atoms with Gasteiger partial charge in [-0.1, -0.05) is 6.92 Å². The second-order valence-electron chi connectivity index (χ2n) is 9.24. The Morgan fingerprint density at radius 3 is 2.59 bits per heavy atom. The summed E-state index contributed by atoms with van der Waals surface area (Å²) in [5.41, 5.74) is 1.97. The van der Waals surface area contributed by atoms with E-state index in [-0.39, 0.29) is 30.6 Å². The maximum absolute atomic E-state index is 13.1. The molecule has 29 heavy (non-hydrogen) atoms. The van der Waals surface area contributed by atoms with Gasteiger partial charge in [-0.15, -0.1) is 0 Å². The highest BCUT2D eigenvalue weighted by atomic mass is 16.5. The fourth-order valence-corrected chi connectivity index (χ4v) is 4.03. The molecule has 1 aromatic carbocycles. The summed E-state index contributed by atoms with van der Waals surface area (Å²) in [6, 6.07) is 5.90. The molecule has 0 unspecified atom stereocenters. The Hall–Kier alpha value is -1.79. The minimum atomic E-state index is -0.201. The van der Waals surface area contributed by atoms with E-state index in [9.17, 15) is 9.90 Å². The number of hydrogen-bond donors (Lipinski definition) is 1. The highest BCUT2D eigenvalue weighted by Gasteiger charge is 2.32. The summed E-state index contributed by atoms with van der Waals surface area (Å²) in [5, 5.41) is 9.71. The van der Waals surface area contributed by atoms with Gasteiger partial charge in [0.15, 0.2) is 0 Å². The fourth-order valence-electron chi connectivity index (χ4n) is 4.03. The molecule has 1 amide bonds. The second kappa shape index (κ2) is 9.35. The molecular weight excluding hydrogens is 366 g/mol. The van der Waals surface area contributed by atoms with Crippen LogP contribution in [0.3, 0.4) is 0 Å². The van der Waals surface area contributed by atoms with Crippen molar-refractivity contribution in [3.63, 3.8) is 0 Å². The van der Waals surface area contributed by atoms with Crippen molar-refractivity contribution in [1.29, 1.82) is 0 Å². The zero-order valence-corrected chi connectivity index (χ0v) is 18.6. The molecule has 1 fully saturated rings. The van der Waals surface area contributed by atoms with Crippen molar-refractivity contribution in [3.05, 3.63) is 23.8 Å². The van der Waals surface area contributed by atoms with Crippen LogP contribution in [0.15, 0.2) is 18.2 Å². The minimum absolute atomic E-state index is 0.0120. The van der Waals surface area contributed by atoms with Crippen molar-refractivity contribution in [2.75, 3.05) is 52.3 Å². The zero-order chi connectivity index (χ0) is 21.1. The van der Waals surface area contributed by atoms with Gasteiger partial charge >= 0.3 is 0 Å². The summed E-state index contributed by atoms with van der Waals surface area (Å²) >= 11 is 0. The van der Waals surface area contributed by atoms with Crippen LogP contribution in [0.5, 0.6) is 5.75 Å². The number of likely N-dealkylation sites (N-methyl/N-ethyl adjacent to an activating group) is 1. The lowest BCUT2D eigenvalue weighted by molar-refractivity contribution is -0.134. The Morgan fingerprint density at radius 2 is 1.97 bits per heavy atom. The van der Waals surface area contributed by atoms with Crippen LogP contribution in [0.25, 0.3) is 0 Å². The highest BCUT2D eigenvalue weighted by molar-refractivity contribution is 5.80. The van der Waals surface area contributed by atoms with Crippen molar-refractivity contribution in [2.45, 2.75) is 45.3 Å². The number of hydrogen-bond acceptors (Lipinski definition) is 5. The Labute approximate surface area is 175 Å². The molecule has 1 aromatic rings. The van der Waals surface area contributed by atoms with Gasteiger partial charge in [-0.25, -0.2) is 0 Å². The Bertz CT molecular complexity index is 705. The zero-order valence-electron chi connectivity index (χ0n) is 18.6. The lowest BCUT2D eigenvalue weighted by atomic mass is 10.0. The Balaban J connectivity index is 1.90. The minimum Gasteiger partial charge on any atom is -0.488 e. The number of ether oxygens (including phenoxy) is 1. The van der Waals surface area contributed by atoms with Gasteiger partial charge in [-0.05, 0) is 50.9 Å². The first kappa shape index (κ1) is 21.9. The van der Waals surface area contributed by atoms with E-state index in [1.54, 1.807) is 0 Å². The molecule has 1 aliphatic carbocycles. The van der Waals surface area contributed by atoms with Crippen molar-refractivity contribution < 1.29 is 14.6 Å². The first-order valence-electron chi connectivity index (χ1n) is 10.8. The monoisotopic (exact) mass is 403 g/mol. The topological polar surface area (TPSA) is 56.3 Å². The van der Waals surface area contributed by atoms with E-state index in [0.29, 0.717) is 13.0 Å². The molecule has 1 aliphatic heterocycles. The normalized spacial score (nSPS) is 23.7. The third-order valence-corrected chi connectivity index (χ3v) is 6.17. The molecule has 0 radical (unpaired) electrons. The van der Waals surface area contributed by atoms with Gasteiger partial charge in [0.05, 0.1) is 19.1 Å². The number of benzene rings is 1. The molecule has 0 saturated heterocycles. The standard InChI is InChI=1S/C23H37N3O3/c1-16-12-26(17(2)15-27)23(28)11-19-10-20(24(3)4)8-9-21(19)29-22(16)14-25(5)13-18-6-7-18/h8-10,16-18,22,27H,6-7,11-15H2,1-5H3/t16-,17+,22-/m1/s1. The second-order valence-corrected chi connectivity index (χ2v) is 9.24. The molecule has 0 bridgehead atoms. The van der Waals surface area contributed by atoms with Crippen LogP contribution >= 0.6 is 0 Å². The average molecular weight is 404 g/mol. The number of carbonyl (C=O) groups excluding carboxylic acids is 1. The van der Waals surface area contributed by atoms with E-state index >= 15 is 0 Å². The molecule has 6 nitrogen and oxygen atoms in total. The van der Waals surface area contributed by atoms with Crippen LogP contribution in [-0.4, -0.2) is 80.3 Å². The number of carbonyl (C=O) groups is 1. The van der Waals surface area contributed by atoms with Crippen LogP contribution in [0.1, 0.15) is 32.3 Å². The fraction of sp³-hybridized carbons (Fsp3) is 0.696. The largest absolute Gasteiger partial charge is 0.488 e. The van der Waals surface area contributed by atoms with Crippen LogP contribution < -0.4 is 9.64 Å². The summed E-state index contributed by atoms with van der Waals surface area (Å²) in [4.78, 5) is 19.4. The maximum atomic E-state index is 13.1. The number of aliphatic hydroxyl groups excluding tert-OH is 1. The van der Waals surface area contributed by atoms with Gasteiger partial charge in [0, 0.05) is 50.9 Å². The van der Waals surface area contributed by atoms with Crippen LogP contribution in [0.4, 0.5) is 5.69 Å². The number of fused-ring (bicyclic) bond motifs is 1. The molecule has 1 heterocycles. The number of nitrogens with zero attached hydrogens (tertiary/aromatic N) is 3. The van der Waals surface area contributed by atoms with Gasteiger partial charge in [0.25, 0.3) is 0 Å². The van der Waals surface area contributed by atoms with Gasteiger partial charge in [0.2, 0.25) is 5.91 Å². The Morgan fingerprint density at radius 1 is 1.24 bits per heavy atom. The van der Waals surface area contributed by atoms with E-state index in [1.165, 1.54) is 12.8 Å². The van der Waals surface area contributed by atoms with Gasteiger partial charge in [-0.2, -0.15) is 0 Å². The van der Waals surface area contributed by atoms with E-state index in [4.69, 9.17) is 4.74 Å². The molecule has 0 aromatic heterocycles. The van der Waals surface area contributed by atoms with E-state index < -0.39 is 0 Å². The number of anilines is 1. The average Bonchev–Trinajstić information content (AvgIpc) is 3.48. The summed E-state index contributed by atoms with van der Waals surface area (Å²) in [7, 11) is 6.16. The van der Waals surface area contributed by atoms with Crippen molar-refractivity contribution in [1.82, 2.24) is 9.80 Å². The number of rotatable bonds is 7. The van der Waals surface area contributed by atoms with Crippen LogP contribution in [0.2, 0.25) is 0 Å². The van der Waals surface area contributed by atoms with Gasteiger partial charge in [-0.3, -0.25) is 4.79 Å². The molecule has 6 heteroatoms.